The van der Waals surface area contributed by atoms with Gasteiger partial charge in [-0.05, 0) is 38.4 Å². The van der Waals surface area contributed by atoms with E-state index < -0.39 is 0 Å². The summed E-state index contributed by atoms with van der Waals surface area (Å²) in [6, 6.07) is 10.0. The molecule has 0 N–H and O–H groups in total. The third-order valence-corrected chi connectivity index (χ3v) is 5.98. The molecule has 0 radical (unpaired) electrons. The molecule has 1 aromatic carbocycles. The van der Waals surface area contributed by atoms with Gasteiger partial charge in [-0.15, -0.1) is 0 Å². The minimum absolute atomic E-state index is 0.128. The number of carbonyl (C=O) groups excluding carboxylic acids is 2. The number of amides is 3. The Morgan fingerprint density at radius 2 is 1.72 bits per heavy atom. The first-order chi connectivity index (χ1) is 12.1. The van der Waals surface area contributed by atoms with Crippen LogP contribution in [0.2, 0.25) is 0 Å². The van der Waals surface area contributed by atoms with Crippen molar-refractivity contribution in [3.8, 4) is 0 Å². The number of hydrogen-bond acceptors (Lipinski definition) is 3. The van der Waals surface area contributed by atoms with Crippen LogP contribution in [0.1, 0.15) is 19.3 Å². The van der Waals surface area contributed by atoms with Gasteiger partial charge in [0.05, 0.1) is 12.1 Å². The van der Waals surface area contributed by atoms with Crippen LogP contribution in [-0.2, 0) is 4.79 Å². The normalized spacial score (nSPS) is 27.6. The van der Waals surface area contributed by atoms with Crippen molar-refractivity contribution in [3.05, 3.63) is 30.3 Å². The number of urea groups is 1. The van der Waals surface area contributed by atoms with E-state index in [0.29, 0.717) is 19.6 Å². The van der Waals surface area contributed by atoms with Gasteiger partial charge in [-0.1, -0.05) is 18.2 Å². The van der Waals surface area contributed by atoms with Crippen molar-refractivity contribution in [3.63, 3.8) is 0 Å². The summed E-state index contributed by atoms with van der Waals surface area (Å²) >= 11 is 0. The quantitative estimate of drug-likeness (QED) is 0.779. The summed E-state index contributed by atoms with van der Waals surface area (Å²) in [5.41, 5.74) is 0.809. The van der Waals surface area contributed by atoms with Crippen LogP contribution >= 0.6 is 0 Å². The van der Waals surface area contributed by atoms with E-state index in [9.17, 15) is 9.59 Å². The first kappa shape index (κ1) is 16.4. The summed E-state index contributed by atoms with van der Waals surface area (Å²) in [7, 11) is 2.02. The highest BCUT2D eigenvalue weighted by Crippen LogP contribution is 2.34. The van der Waals surface area contributed by atoms with Crippen LogP contribution in [0, 0.1) is 0 Å². The summed E-state index contributed by atoms with van der Waals surface area (Å²) < 4.78 is 0. The molecular weight excluding hydrogens is 316 g/mol. The zero-order chi connectivity index (χ0) is 17.4. The fraction of sp³-hybridized carbons (Fsp3) is 0.579. The molecule has 3 aliphatic heterocycles. The molecule has 25 heavy (non-hydrogen) atoms. The SMILES string of the molecule is CN1CC(=O)N(c2ccccc2)C[C@@]12CCN(C(=O)N1CCCC1)C2. The topological polar surface area (TPSA) is 47.1 Å². The maximum Gasteiger partial charge on any atom is 0.320 e. The molecule has 3 fully saturated rings. The molecule has 3 amide bonds. The Labute approximate surface area is 149 Å². The first-order valence-electron chi connectivity index (χ1n) is 9.20. The van der Waals surface area contributed by atoms with Crippen molar-refractivity contribution in [2.24, 2.45) is 0 Å². The fourth-order valence-corrected chi connectivity index (χ4v) is 4.37. The van der Waals surface area contributed by atoms with Crippen molar-refractivity contribution in [2.75, 3.05) is 51.2 Å². The lowest BCUT2D eigenvalue weighted by atomic mass is 9.92. The number of likely N-dealkylation sites (N-methyl/N-ethyl adjacent to an activating group) is 1. The standard InChI is InChI=1S/C19H26N4O2/c1-20-13-17(24)23(16-7-3-2-4-8-16)15-19(20)9-12-22(14-19)18(25)21-10-5-6-11-21/h2-4,7-8H,5-6,9-15H2,1H3/t19-/m0/s1. The zero-order valence-corrected chi connectivity index (χ0v) is 14.9. The first-order valence-corrected chi connectivity index (χ1v) is 9.20. The highest BCUT2D eigenvalue weighted by Gasteiger charge is 2.49. The molecule has 4 rings (SSSR count). The second-order valence-electron chi connectivity index (χ2n) is 7.54. The largest absolute Gasteiger partial charge is 0.325 e. The second kappa shape index (κ2) is 6.33. The van der Waals surface area contributed by atoms with Gasteiger partial charge < -0.3 is 14.7 Å². The average molecular weight is 342 g/mol. The van der Waals surface area contributed by atoms with Gasteiger partial charge in [0.2, 0.25) is 5.91 Å². The molecule has 0 aliphatic carbocycles. The summed E-state index contributed by atoms with van der Waals surface area (Å²) in [5, 5.41) is 0. The number of piperazine rings is 1. The number of likely N-dealkylation sites (tertiary alicyclic amines) is 2. The molecule has 6 heteroatoms. The average Bonchev–Trinajstić information content (AvgIpc) is 3.30. The Hall–Kier alpha value is -2.08. The van der Waals surface area contributed by atoms with Gasteiger partial charge in [-0.25, -0.2) is 4.79 Å². The van der Waals surface area contributed by atoms with Crippen molar-refractivity contribution in [1.82, 2.24) is 14.7 Å². The van der Waals surface area contributed by atoms with E-state index in [1.807, 2.05) is 52.1 Å². The molecule has 6 nitrogen and oxygen atoms in total. The predicted octanol–water partition coefficient (Wildman–Crippen LogP) is 1.63. The number of anilines is 1. The van der Waals surface area contributed by atoms with Crippen LogP contribution in [0.3, 0.4) is 0 Å². The highest BCUT2D eigenvalue weighted by molar-refractivity contribution is 5.96. The molecule has 0 unspecified atom stereocenters. The van der Waals surface area contributed by atoms with Crippen LogP contribution < -0.4 is 4.90 Å². The lowest BCUT2D eigenvalue weighted by Crippen LogP contribution is -2.64. The van der Waals surface area contributed by atoms with E-state index in [-0.39, 0.29) is 17.5 Å². The molecular formula is C19H26N4O2. The molecule has 0 saturated carbocycles. The van der Waals surface area contributed by atoms with Gasteiger partial charge in [0, 0.05) is 38.4 Å². The molecule has 3 saturated heterocycles. The molecule has 3 aliphatic rings. The molecule has 134 valence electrons. The van der Waals surface area contributed by atoms with Gasteiger partial charge >= 0.3 is 6.03 Å². The highest BCUT2D eigenvalue weighted by atomic mass is 16.2. The van der Waals surface area contributed by atoms with Crippen molar-refractivity contribution in [2.45, 2.75) is 24.8 Å². The smallest absolute Gasteiger partial charge is 0.320 e. The Bertz CT molecular complexity index is 659. The predicted molar refractivity (Wildman–Crippen MR) is 96.5 cm³/mol. The Morgan fingerprint density at radius 1 is 1.00 bits per heavy atom. The van der Waals surface area contributed by atoms with Crippen LogP contribution in [0.4, 0.5) is 10.5 Å². The molecule has 1 atom stereocenters. The van der Waals surface area contributed by atoms with Crippen LogP contribution in [0.25, 0.3) is 0 Å². The number of hydrogen-bond donors (Lipinski definition) is 0. The summed E-state index contributed by atoms with van der Waals surface area (Å²) in [6.07, 6.45) is 3.14. The molecule has 0 bridgehead atoms. The Morgan fingerprint density at radius 3 is 2.44 bits per heavy atom. The van der Waals surface area contributed by atoms with E-state index >= 15 is 0 Å². The molecule has 1 spiro atoms. The van der Waals surface area contributed by atoms with Gasteiger partial charge in [-0.2, -0.15) is 0 Å². The zero-order valence-electron chi connectivity index (χ0n) is 14.9. The number of para-hydroxylation sites is 1. The van der Waals surface area contributed by atoms with E-state index in [1.165, 1.54) is 0 Å². The van der Waals surface area contributed by atoms with E-state index in [1.54, 1.807) is 0 Å². The van der Waals surface area contributed by atoms with Gasteiger partial charge in [0.15, 0.2) is 0 Å². The third kappa shape index (κ3) is 2.88. The Balaban J connectivity index is 1.52. The maximum atomic E-state index is 12.7. The summed E-state index contributed by atoms with van der Waals surface area (Å²) in [4.78, 5) is 33.3. The molecule has 0 aromatic heterocycles. The monoisotopic (exact) mass is 342 g/mol. The second-order valence-corrected chi connectivity index (χ2v) is 7.54. The lowest BCUT2D eigenvalue weighted by Gasteiger charge is -2.46. The minimum Gasteiger partial charge on any atom is -0.325 e. The number of benzene rings is 1. The van der Waals surface area contributed by atoms with Gasteiger partial charge in [0.1, 0.15) is 0 Å². The van der Waals surface area contributed by atoms with E-state index in [4.69, 9.17) is 0 Å². The lowest BCUT2D eigenvalue weighted by molar-refractivity contribution is -0.123. The summed E-state index contributed by atoms with van der Waals surface area (Å²) in [6.45, 7) is 4.29. The number of nitrogens with zero attached hydrogens (tertiary/aromatic N) is 4. The third-order valence-electron chi connectivity index (χ3n) is 5.98. The van der Waals surface area contributed by atoms with Crippen molar-refractivity contribution in [1.29, 1.82) is 0 Å². The summed E-state index contributed by atoms with van der Waals surface area (Å²) in [5.74, 6) is 0.128. The van der Waals surface area contributed by atoms with Crippen molar-refractivity contribution < 1.29 is 9.59 Å². The maximum absolute atomic E-state index is 12.7. The number of carbonyl (C=O) groups is 2. The van der Waals surface area contributed by atoms with Crippen LogP contribution in [0.15, 0.2) is 30.3 Å². The van der Waals surface area contributed by atoms with E-state index in [0.717, 1.165) is 44.6 Å². The minimum atomic E-state index is -0.140. The van der Waals surface area contributed by atoms with Crippen LogP contribution in [-0.4, -0.2) is 78.5 Å². The fourth-order valence-electron chi connectivity index (χ4n) is 4.37. The van der Waals surface area contributed by atoms with Crippen LogP contribution in [0.5, 0.6) is 0 Å². The van der Waals surface area contributed by atoms with E-state index in [2.05, 4.69) is 4.90 Å². The molecule has 3 heterocycles. The number of rotatable bonds is 1. The van der Waals surface area contributed by atoms with Crippen molar-refractivity contribution >= 4 is 17.6 Å². The Kier molecular flexibility index (Phi) is 4.15. The molecule has 1 aromatic rings. The van der Waals surface area contributed by atoms with Gasteiger partial charge in [-0.3, -0.25) is 9.69 Å². The van der Waals surface area contributed by atoms with Gasteiger partial charge in [0.25, 0.3) is 0 Å².